The molecular weight excluding hydrogens is 332 g/mol. The van der Waals surface area contributed by atoms with E-state index in [0.29, 0.717) is 27.6 Å². The van der Waals surface area contributed by atoms with Crippen LogP contribution in [0.1, 0.15) is 16.8 Å². The fourth-order valence-electron chi connectivity index (χ4n) is 2.59. The van der Waals surface area contributed by atoms with Gasteiger partial charge >= 0.3 is 12.4 Å². The molecule has 7 heteroatoms. The van der Waals surface area contributed by atoms with Crippen LogP contribution >= 0.6 is 0 Å². The lowest BCUT2D eigenvalue weighted by Crippen LogP contribution is -2.04. The van der Waals surface area contributed by atoms with Crippen molar-refractivity contribution in [3.05, 3.63) is 59.3 Å². The molecule has 0 bridgehead atoms. The average molecular weight is 343 g/mol. The number of benzene rings is 2. The molecule has 2 aromatic carbocycles. The van der Waals surface area contributed by atoms with Crippen molar-refractivity contribution < 1.29 is 26.3 Å². The van der Waals surface area contributed by atoms with Crippen molar-refractivity contribution in [3.8, 4) is 11.1 Å². The summed E-state index contributed by atoms with van der Waals surface area (Å²) in [6.07, 6.45) is -8.92. The van der Waals surface area contributed by atoms with Crippen molar-refractivity contribution in [1.29, 1.82) is 0 Å². The van der Waals surface area contributed by atoms with Gasteiger partial charge < -0.3 is 4.98 Å². The summed E-state index contributed by atoms with van der Waals surface area (Å²) in [4.78, 5) is 2.31. The van der Waals surface area contributed by atoms with Crippen molar-refractivity contribution >= 4 is 10.9 Å². The van der Waals surface area contributed by atoms with E-state index in [2.05, 4.69) is 4.98 Å². The molecule has 0 amide bonds. The van der Waals surface area contributed by atoms with Gasteiger partial charge in [0.2, 0.25) is 0 Å². The van der Waals surface area contributed by atoms with Gasteiger partial charge in [0, 0.05) is 10.9 Å². The molecule has 1 aromatic heterocycles. The molecule has 126 valence electrons. The smallest absolute Gasteiger partial charge is 0.351 e. The molecule has 0 saturated heterocycles. The van der Waals surface area contributed by atoms with Crippen molar-refractivity contribution in [2.45, 2.75) is 19.3 Å². The number of fused-ring (bicyclic) bond motifs is 1. The van der Waals surface area contributed by atoms with Crippen LogP contribution in [0.4, 0.5) is 26.3 Å². The molecule has 1 N–H and O–H groups in total. The Hall–Kier alpha value is -2.44. The summed E-state index contributed by atoms with van der Waals surface area (Å²) >= 11 is 0. The zero-order valence-electron chi connectivity index (χ0n) is 12.3. The summed E-state index contributed by atoms with van der Waals surface area (Å²) in [6, 6.07) is 8.62. The predicted octanol–water partition coefficient (Wildman–Crippen LogP) is 6.18. The van der Waals surface area contributed by atoms with E-state index < -0.39 is 23.6 Å². The van der Waals surface area contributed by atoms with Crippen molar-refractivity contribution in [1.82, 2.24) is 4.98 Å². The van der Waals surface area contributed by atoms with Gasteiger partial charge in [-0.15, -0.1) is 0 Å². The normalized spacial score (nSPS) is 12.8. The molecule has 0 unspecified atom stereocenters. The van der Waals surface area contributed by atoms with Gasteiger partial charge in [0.25, 0.3) is 0 Å². The van der Waals surface area contributed by atoms with Crippen LogP contribution in [0.3, 0.4) is 0 Å². The molecule has 0 saturated carbocycles. The molecule has 3 aromatic rings. The first-order chi connectivity index (χ1) is 11.1. The standard InChI is InChI=1S/C17H11F6N/c1-9-6-14-11(8-15(24-14)17(21,22)23)7-13(9)10-2-4-12(5-3-10)16(18,19)20/h2-8,24H,1H3. The Morgan fingerprint density at radius 1 is 0.792 bits per heavy atom. The van der Waals surface area contributed by atoms with Crippen LogP contribution in [0.25, 0.3) is 22.0 Å². The summed E-state index contributed by atoms with van der Waals surface area (Å²) in [5.74, 6) is 0. The van der Waals surface area contributed by atoms with E-state index in [-0.39, 0.29) is 0 Å². The average Bonchev–Trinajstić information content (AvgIpc) is 2.88. The second kappa shape index (κ2) is 5.29. The number of hydrogen-bond acceptors (Lipinski definition) is 0. The molecular formula is C17H11F6N. The van der Waals surface area contributed by atoms with Crippen molar-refractivity contribution in [2.75, 3.05) is 0 Å². The minimum Gasteiger partial charge on any atom is -0.351 e. The highest BCUT2D eigenvalue weighted by Crippen LogP contribution is 2.35. The SMILES string of the molecule is Cc1cc2[nH]c(C(F)(F)F)cc2cc1-c1ccc(C(F)(F)F)cc1. The lowest BCUT2D eigenvalue weighted by Gasteiger charge is -2.10. The number of halogens is 6. The van der Waals surface area contributed by atoms with E-state index in [4.69, 9.17) is 0 Å². The van der Waals surface area contributed by atoms with E-state index in [1.165, 1.54) is 12.1 Å². The largest absolute Gasteiger partial charge is 0.431 e. The van der Waals surface area contributed by atoms with Gasteiger partial charge in [-0.1, -0.05) is 12.1 Å². The number of aromatic amines is 1. The second-order valence-corrected chi connectivity index (χ2v) is 5.51. The third-order valence-corrected chi connectivity index (χ3v) is 3.79. The highest BCUT2D eigenvalue weighted by molar-refractivity contribution is 5.87. The summed E-state index contributed by atoms with van der Waals surface area (Å²) in [5, 5.41) is 0.350. The van der Waals surface area contributed by atoms with Gasteiger partial charge in [-0.2, -0.15) is 26.3 Å². The maximum atomic E-state index is 12.8. The third kappa shape index (κ3) is 2.98. The topological polar surface area (TPSA) is 15.8 Å². The Balaban J connectivity index is 2.08. The maximum Gasteiger partial charge on any atom is 0.431 e. The van der Waals surface area contributed by atoms with E-state index >= 15 is 0 Å². The molecule has 0 aliphatic carbocycles. The zero-order chi connectivity index (χ0) is 17.7. The molecule has 0 aliphatic heterocycles. The Bertz CT molecular complexity index is 884. The van der Waals surface area contributed by atoms with E-state index in [9.17, 15) is 26.3 Å². The van der Waals surface area contributed by atoms with Crippen LogP contribution < -0.4 is 0 Å². The molecule has 0 atom stereocenters. The Kier molecular flexibility index (Phi) is 3.62. The lowest BCUT2D eigenvalue weighted by atomic mass is 9.98. The number of rotatable bonds is 1. The van der Waals surface area contributed by atoms with Gasteiger partial charge in [-0.25, -0.2) is 0 Å². The fraction of sp³-hybridized carbons (Fsp3) is 0.176. The molecule has 0 fully saturated rings. The number of aryl methyl sites for hydroxylation is 1. The summed E-state index contributed by atoms with van der Waals surface area (Å²) < 4.78 is 76.1. The molecule has 1 heterocycles. The number of hydrogen-bond donors (Lipinski definition) is 1. The molecule has 0 radical (unpaired) electrons. The quantitative estimate of drug-likeness (QED) is 0.508. The van der Waals surface area contributed by atoms with Gasteiger partial charge in [-0.05, 0) is 53.9 Å². The van der Waals surface area contributed by atoms with Crippen molar-refractivity contribution in [3.63, 3.8) is 0 Å². The van der Waals surface area contributed by atoms with Crippen LogP contribution in [0.15, 0.2) is 42.5 Å². The van der Waals surface area contributed by atoms with Crippen LogP contribution in [0.2, 0.25) is 0 Å². The van der Waals surface area contributed by atoms with Gasteiger partial charge in [0.1, 0.15) is 5.69 Å². The first kappa shape index (κ1) is 16.4. The number of H-pyrrole nitrogens is 1. The molecule has 0 aliphatic rings. The van der Waals surface area contributed by atoms with Crippen LogP contribution in [0, 0.1) is 6.92 Å². The monoisotopic (exact) mass is 343 g/mol. The number of aromatic nitrogens is 1. The maximum absolute atomic E-state index is 12.8. The first-order valence-electron chi connectivity index (χ1n) is 6.94. The van der Waals surface area contributed by atoms with Crippen LogP contribution in [-0.2, 0) is 12.4 Å². The summed E-state index contributed by atoms with van der Waals surface area (Å²) in [5.41, 5.74) is 0.460. The third-order valence-electron chi connectivity index (χ3n) is 3.79. The zero-order valence-corrected chi connectivity index (χ0v) is 12.3. The number of alkyl halides is 6. The van der Waals surface area contributed by atoms with Gasteiger partial charge in [0.05, 0.1) is 5.56 Å². The Morgan fingerprint density at radius 3 is 1.96 bits per heavy atom. The molecule has 0 spiro atoms. The van der Waals surface area contributed by atoms with Gasteiger partial charge in [-0.3, -0.25) is 0 Å². The molecule has 24 heavy (non-hydrogen) atoms. The van der Waals surface area contributed by atoms with Crippen LogP contribution in [-0.4, -0.2) is 4.98 Å². The van der Waals surface area contributed by atoms with E-state index in [1.54, 1.807) is 19.1 Å². The molecule has 3 rings (SSSR count). The Labute approximate surface area is 132 Å². The summed E-state index contributed by atoms with van der Waals surface area (Å²) in [6.45, 7) is 1.69. The Morgan fingerprint density at radius 2 is 1.42 bits per heavy atom. The second-order valence-electron chi connectivity index (χ2n) is 5.51. The lowest BCUT2D eigenvalue weighted by molar-refractivity contribution is -0.140. The highest BCUT2D eigenvalue weighted by atomic mass is 19.4. The minimum absolute atomic E-state index is 0.329. The molecule has 1 nitrogen and oxygen atoms in total. The number of nitrogens with one attached hydrogen (secondary N) is 1. The first-order valence-corrected chi connectivity index (χ1v) is 6.94. The van der Waals surface area contributed by atoms with Crippen molar-refractivity contribution in [2.24, 2.45) is 0 Å². The van der Waals surface area contributed by atoms with E-state index in [1.807, 2.05) is 0 Å². The van der Waals surface area contributed by atoms with Gasteiger partial charge in [0.15, 0.2) is 0 Å². The highest BCUT2D eigenvalue weighted by Gasteiger charge is 2.33. The summed E-state index contributed by atoms with van der Waals surface area (Å²) in [7, 11) is 0. The fourth-order valence-corrected chi connectivity index (χ4v) is 2.59. The van der Waals surface area contributed by atoms with Crippen LogP contribution in [0.5, 0.6) is 0 Å². The van der Waals surface area contributed by atoms with E-state index in [0.717, 1.165) is 18.2 Å². The predicted molar refractivity (Wildman–Crippen MR) is 78.5 cm³/mol. The minimum atomic E-state index is -4.48.